The Bertz CT molecular complexity index is 577. The number of methoxy groups -OCH3 is 1. The van der Waals surface area contributed by atoms with Crippen molar-refractivity contribution >= 4 is 5.71 Å². The fraction of sp³-hybridized carbons (Fsp3) is 0.316. The third-order valence-electron chi connectivity index (χ3n) is 2.97. The Labute approximate surface area is 137 Å². The molecule has 0 bridgehead atoms. The summed E-state index contributed by atoms with van der Waals surface area (Å²) in [5.41, 5.74) is 2.26. The Hall–Kier alpha value is -2.17. The SMILES string of the molecule is COC(ON=C(c1ccccc1)c1ccccc1)OC(C)(C)C. The molecule has 0 aliphatic carbocycles. The summed E-state index contributed by atoms with van der Waals surface area (Å²) in [5, 5.41) is 4.29. The first-order valence-electron chi connectivity index (χ1n) is 7.55. The number of oxime groups is 1. The van der Waals surface area contributed by atoms with E-state index in [9.17, 15) is 0 Å². The summed E-state index contributed by atoms with van der Waals surface area (Å²) >= 11 is 0. The van der Waals surface area contributed by atoms with Crippen molar-refractivity contribution < 1.29 is 14.3 Å². The molecule has 4 heteroatoms. The molecule has 0 N–H and O–H groups in total. The number of hydrogen-bond acceptors (Lipinski definition) is 4. The third-order valence-corrected chi connectivity index (χ3v) is 2.97. The topological polar surface area (TPSA) is 40.0 Å². The predicted octanol–water partition coefficient (Wildman–Crippen LogP) is 4.20. The van der Waals surface area contributed by atoms with Crippen LogP contribution in [0.25, 0.3) is 0 Å². The van der Waals surface area contributed by atoms with Gasteiger partial charge in [0.05, 0.1) is 5.60 Å². The summed E-state index contributed by atoms with van der Waals surface area (Å²) in [7, 11) is 1.52. The maximum Gasteiger partial charge on any atom is 0.339 e. The summed E-state index contributed by atoms with van der Waals surface area (Å²) in [6.07, 6.45) is 0. The molecule has 2 aromatic carbocycles. The highest BCUT2D eigenvalue weighted by molar-refractivity contribution is 6.12. The van der Waals surface area contributed by atoms with E-state index in [4.69, 9.17) is 14.3 Å². The molecular weight excluding hydrogens is 290 g/mol. The number of rotatable bonds is 6. The molecule has 122 valence electrons. The molecule has 0 amide bonds. The summed E-state index contributed by atoms with van der Waals surface area (Å²) in [4.78, 5) is 5.48. The van der Waals surface area contributed by atoms with Crippen molar-refractivity contribution in [3.8, 4) is 0 Å². The van der Waals surface area contributed by atoms with E-state index in [1.165, 1.54) is 7.11 Å². The van der Waals surface area contributed by atoms with Gasteiger partial charge in [0.1, 0.15) is 5.71 Å². The third kappa shape index (κ3) is 5.51. The average Bonchev–Trinajstić information content (AvgIpc) is 2.55. The van der Waals surface area contributed by atoms with Crippen LogP contribution < -0.4 is 0 Å². The van der Waals surface area contributed by atoms with E-state index in [0.717, 1.165) is 16.8 Å². The molecule has 0 heterocycles. The van der Waals surface area contributed by atoms with Gasteiger partial charge in [-0.3, -0.25) is 0 Å². The summed E-state index contributed by atoms with van der Waals surface area (Å²) in [6, 6.07) is 19.7. The number of nitrogens with zero attached hydrogens (tertiary/aromatic N) is 1. The molecule has 23 heavy (non-hydrogen) atoms. The van der Waals surface area contributed by atoms with Crippen LogP contribution in [-0.4, -0.2) is 24.9 Å². The molecule has 0 aliphatic heterocycles. The van der Waals surface area contributed by atoms with Crippen LogP contribution >= 0.6 is 0 Å². The van der Waals surface area contributed by atoms with Crippen LogP contribution in [0, 0.1) is 0 Å². The van der Waals surface area contributed by atoms with E-state index in [1.807, 2.05) is 81.4 Å². The lowest BCUT2D eigenvalue weighted by molar-refractivity contribution is -0.310. The quantitative estimate of drug-likeness (QED) is 0.456. The van der Waals surface area contributed by atoms with Gasteiger partial charge in [0, 0.05) is 18.2 Å². The molecule has 2 rings (SSSR count). The van der Waals surface area contributed by atoms with Crippen LogP contribution in [0.4, 0.5) is 0 Å². The van der Waals surface area contributed by atoms with E-state index in [0.29, 0.717) is 0 Å². The lowest BCUT2D eigenvalue weighted by Crippen LogP contribution is -2.30. The molecule has 1 unspecified atom stereocenters. The molecule has 0 saturated heterocycles. The van der Waals surface area contributed by atoms with Crippen molar-refractivity contribution in [3.63, 3.8) is 0 Å². The highest BCUT2D eigenvalue weighted by Gasteiger charge is 2.20. The average molecular weight is 313 g/mol. The van der Waals surface area contributed by atoms with Gasteiger partial charge in [0.2, 0.25) is 0 Å². The molecule has 4 nitrogen and oxygen atoms in total. The Morgan fingerprint density at radius 2 is 1.35 bits per heavy atom. The second-order valence-corrected chi connectivity index (χ2v) is 6.03. The lowest BCUT2D eigenvalue weighted by atomic mass is 10.0. The molecule has 0 radical (unpaired) electrons. The van der Waals surface area contributed by atoms with Crippen LogP contribution in [0.2, 0.25) is 0 Å². The fourth-order valence-corrected chi connectivity index (χ4v) is 1.96. The van der Waals surface area contributed by atoms with Crippen molar-refractivity contribution in [2.24, 2.45) is 5.16 Å². The number of ether oxygens (including phenoxy) is 2. The standard InChI is InChI=1S/C19H23NO3/c1-19(2,3)22-18(21-4)23-20-17(15-11-7-5-8-12-15)16-13-9-6-10-14-16/h5-14,18H,1-4H3. The molecule has 0 saturated carbocycles. The molecular formula is C19H23NO3. The lowest BCUT2D eigenvalue weighted by Gasteiger charge is -2.24. The van der Waals surface area contributed by atoms with E-state index in [2.05, 4.69) is 5.16 Å². The Morgan fingerprint density at radius 1 is 0.870 bits per heavy atom. The van der Waals surface area contributed by atoms with Crippen LogP contribution in [0.3, 0.4) is 0 Å². The van der Waals surface area contributed by atoms with Crippen molar-refractivity contribution in [3.05, 3.63) is 71.8 Å². The molecule has 2 aromatic rings. The smallest absolute Gasteiger partial charge is 0.334 e. The normalized spacial score (nSPS) is 12.5. The molecule has 1 atom stereocenters. The van der Waals surface area contributed by atoms with Gasteiger partial charge in [-0.15, -0.1) is 0 Å². The molecule has 0 aromatic heterocycles. The first-order valence-corrected chi connectivity index (χ1v) is 7.55. The van der Waals surface area contributed by atoms with Gasteiger partial charge in [-0.2, -0.15) is 0 Å². The maximum atomic E-state index is 5.66. The maximum absolute atomic E-state index is 5.66. The van der Waals surface area contributed by atoms with E-state index < -0.39 is 12.1 Å². The van der Waals surface area contributed by atoms with Crippen LogP contribution in [0.5, 0.6) is 0 Å². The highest BCUT2D eigenvalue weighted by atomic mass is 16.9. The molecule has 0 spiro atoms. The van der Waals surface area contributed by atoms with Crippen LogP contribution in [0.15, 0.2) is 65.8 Å². The van der Waals surface area contributed by atoms with Gasteiger partial charge in [-0.25, -0.2) is 0 Å². The Kier molecular flexibility index (Phi) is 5.90. The van der Waals surface area contributed by atoms with Crippen LogP contribution in [0.1, 0.15) is 31.9 Å². The van der Waals surface area contributed by atoms with E-state index in [-0.39, 0.29) is 0 Å². The summed E-state index contributed by atoms with van der Waals surface area (Å²) < 4.78 is 10.9. The zero-order chi connectivity index (χ0) is 16.7. The van der Waals surface area contributed by atoms with Gasteiger partial charge < -0.3 is 14.3 Å². The zero-order valence-electron chi connectivity index (χ0n) is 14.0. The minimum atomic E-state index is -0.863. The predicted molar refractivity (Wildman–Crippen MR) is 91.2 cm³/mol. The van der Waals surface area contributed by atoms with Gasteiger partial charge in [-0.1, -0.05) is 65.8 Å². The number of hydrogen-bond donors (Lipinski definition) is 0. The summed E-state index contributed by atoms with van der Waals surface area (Å²) in [6.45, 7) is 4.93. The minimum absolute atomic E-state index is 0.393. The fourth-order valence-electron chi connectivity index (χ4n) is 1.96. The van der Waals surface area contributed by atoms with E-state index in [1.54, 1.807) is 0 Å². The monoisotopic (exact) mass is 313 g/mol. The van der Waals surface area contributed by atoms with Crippen molar-refractivity contribution in [2.45, 2.75) is 32.8 Å². The second kappa shape index (κ2) is 7.90. The molecule has 0 aliphatic rings. The first-order chi connectivity index (χ1) is 11.0. The van der Waals surface area contributed by atoms with Crippen molar-refractivity contribution in [1.82, 2.24) is 0 Å². The molecule has 0 fully saturated rings. The van der Waals surface area contributed by atoms with Gasteiger partial charge in [-0.05, 0) is 20.8 Å². The second-order valence-electron chi connectivity index (χ2n) is 6.03. The Balaban J connectivity index is 2.27. The highest BCUT2D eigenvalue weighted by Crippen LogP contribution is 2.15. The summed E-state index contributed by atoms with van der Waals surface area (Å²) in [5.74, 6) is 0. The van der Waals surface area contributed by atoms with Crippen LogP contribution in [-0.2, 0) is 14.3 Å². The Morgan fingerprint density at radius 3 is 1.74 bits per heavy atom. The van der Waals surface area contributed by atoms with Gasteiger partial charge in [0.25, 0.3) is 0 Å². The van der Waals surface area contributed by atoms with E-state index >= 15 is 0 Å². The van der Waals surface area contributed by atoms with Crippen molar-refractivity contribution in [2.75, 3.05) is 7.11 Å². The van der Waals surface area contributed by atoms with Gasteiger partial charge in [0.15, 0.2) is 0 Å². The largest absolute Gasteiger partial charge is 0.339 e. The minimum Gasteiger partial charge on any atom is -0.334 e. The number of benzene rings is 2. The first kappa shape index (κ1) is 17.2. The van der Waals surface area contributed by atoms with Gasteiger partial charge >= 0.3 is 6.48 Å². The zero-order valence-corrected chi connectivity index (χ0v) is 14.0. The van der Waals surface area contributed by atoms with Crippen molar-refractivity contribution in [1.29, 1.82) is 0 Å².